The SMILES string of the molecule is NCCC=Cc1cc(C=O)ccc1F. The van der Waals surface area contributed by atoms with Crippen LogP contribution in [0.1, 0.15) is 22.3 Å². The van der Waals surface area contributed by atoms with E-state index in [4.69, 9.17) is 5.73 Å². The van der Waals surface area contributed by atoms with Gasteiger partial charge in [-0.2, -0.15) is 0 Å². The molecule has 0 aliphatic rings. The average molecular weight is 193 g/mol. The first-order chi connectivity index (χ1) is 6.77. The zero-order chi connectivity index (χ0) is 10.4. The van der Waals surface area contributed by atoms with Crippen LogP contribution in [0.4, 0.5) is 4.39 Å². The smallest absolute Gasteiger partial charge is 0.150 e. The molecule has 0 radical (unpaired) electrons. The van der Waals surface area contributed by atoms with E-state index in [1.807, 2.05) is 0 Å². The summed E-state index contributed by atoms with van der Waals surface area (Å²) in [5.41, 5.74) is 6.18. The van der Waals surface area contributed by atoms with Crippen LogP contribution in [0.5, 0.6) is 0 Å². The zero-order valence-corrected chi connectivity index (χ0v) is 7.74. The first-order valence-corrected chi connectivity index (χ1v) is 4.39. The van der Waals surface area contributed by atoms with Crippen molar-refractivity contribution in [2.45, 2.75) is 6.42 Å². The first kappa shape index (κ1) is 10.6. The maximum atomic E-state index is 13.1. The standard InChI is InChI=1S/C11H12FNO/c12-11-5-4-9(8-14)7-10(11)3-1-2-6-13/h1,3-5,7-8H,2,6,13H2. The Bertz CT molecular complexity index is 347. The molecule has 14 heavy (non-hydrogen) atoms. The lowest BCUT2D eigenvalue weighted by Gasteiger charge is -1.97. The van der Waals surface area contributed by atoms with E-state index in [0.717, 1.165) is 0 Å². The fourth-order valence-corrected chi connectivity index (χ4v) is 1.07. The van der Waals surface area contributed by atoms with Gasteiger partial charge < -0.3 is 5.73 Å². The molecule has 2 nitrogen and oxygen atoms in total. The molecule has 1 aromatic carbocycles. The van der Waals surface area contributed by atoms with Crippen LogP contribution in [-0.4, -0.2) is 12.8 Å². The molecule has 0 saturated carbocycles. The summed E-state index contributed by atoms with van der Waals surface area (Å²) < 4.78 is 13.1. The lowest BCUT2D eigenvalue weighted by atomic mass is 10.1. The normalized spacial score (nSPS) is 10.7. The molecule has 0 unspecified atom stereocenters. The molecule has 74 valence electrons. The van der Waals surface area contributed by atoms with E-state index in [-0.39, 0.29) is 5.82 Å². The lowest BCUT2D eigenvalue weighted by molar-refractivity contribution is 0.112. The van der Waals surface area contributed by atoms with Gasteiger partial charge in [0.25, 0.3) is 0 Å². The second-order valence-corrected chi connectivity index (χ2v) is 2.88. The Labute approximate surface area is 82.2 Å². The maximum absolute atomic E-state index is 13.1. The minimum Gasteiger partial charge on any atom is -0.330 e. The molecule has 1 aromatic rings. The van der Waals surface area contributed by atoms with Crippen molar-refractivity contribution in [1.82, 2.24) is 0 Å². The third-order valence-electron chi connectivity index (χ3n) is 1.79. The molecule has 3 heteroatoms. The van der Waals surface area contributed by atoms with Crippen molar-refractivity contribution in [3.63, 3.8) is 0 Å². The lowest BCUT2D eigenvalue weighted by Crippen LogP contribution is -1.95. The molecular formula is C11H12FNO. The van der Waals surface area contributed by atoms with Crippen molar-refractivity contribution in [1.29, 1.82) is 0 Å². The Morgan fingerprint density at radius 1 is 1.43 bits per heavy atom. The van der Waals surface area contributed by atoms with Gasteiger partial charge in [0.1, 0.15) is 12.1 Å². The predicted octanol–water partition coefficient (Wildman–Crippen LogP) is 2.00. The molecule has 0 atom stereocenters. The van der Waals surface area contributed by atoms with E-state index in [1.54, 1.807) is 12.2 Å². The largest absolute Gasteiger partial charge is 0.330 e. The van der Waals surface area contributed by atoms with E-state index < -0.39 is 0 Å². The predicted molar refractivity (Wildman–Crippen MR) is 54.5 cm³/mol. The zero-order valence-electron chi connectivity index (χ0n) is 7.74. The van der Waals surface area contributed by atoms with Gasteiger partial charge in [0.15, 0.2) is 0 Å². The van der Waals surface area contributed by atoms with Crippen LogP contribution in [-0.2, 0) is 0 Å². The number of hydrogen-bond donors (Lipinski definition) is 1. The molecule has 0 aliphatic carbocycles. The van der Waals surface area contributed by atoms with Crippen molar-refractivity contribution < 1.29 is 9.18 Å². The van der Waals surface area contributed by atoms with Crippen molar-refractivity contribution in [2.75, 3.05) is 6.54 Å². The Morgan fingerprint density at radius 3 is 2.86 bits per heavy atom. The fourth-order valence-electron chi connectivity index (χ4n) is 1.07. The van der Waals surface area contributed by atoms with Gasteiger partial charge >= 0.3 is 0 Å². The van der Waals surface area contributed by atoms with Crippen LogP contribution in [0.2, 0.25) is 0 Å². The van der Waals surface area contributed by atoms with E-state index in [2.05, 4.69) is 0 Å². The second-order valence-electron chi connectivity index (χ2n) is 2.88. The van der Waals surface area contributed by atoms with Crippen molar-refractivity contribution >= 4 is 12.4 Å². The van der Waals surface area contributed by atoms with Crippen LogP contribution in [0, 0.1) is 5.82 Å². The van der Waals surface area contributed by atoms with Crippen LogP contribution in [0.15, 0.2) is 24.3 Å². The molecule has 0 aromatic heterocycles. The minimum atomic E-state index is -0.330. The Morgan fingerprint density at radius 2 is 2.21 bits per heavy atom. The number of carbonyl (C=O) groups is 1. The molecule has 0 spiro atoms. The number of carbonyl (C=O) groups excluding carboxylic acids is 1. The van der Waals surface area contributed by atoms with E-state index in [1.165, 1.54) is 18.2 Å². The third-order valence-corrected chi connectivity index (χ3v) is 1.79. The summed E-state index contributed by atoms with van der Waals surface area (Å²) in [4.78, 5) is 10.4. The molecule has 0 aliphatic heterocycles. The quantitative estimate of drug-likeness (QED) is 0.743. The Balaban J connectivity index is 2.89. The number of nitrogens with two attached hydrogens (primary N) is 1. The molecule has 0 saturated heterocycles. The van der Waals surface area contributed by atoms with Gasteiger partial charge in [-0.25, -0.2) is 4.39 Å². The molecule has 2 N–H and O–H groups in total. The first-order valence-electron chi connectivity index (χ1n) is 4.39. The number of benzene rings is 1. The van der Waals surface area contributed by atoms with E-state index in [0.29, 0.717) is 30.4 Å². The minimum absolute atomic E-state index is 0.330. The number of hydrogen-bond acceptors (Lipinski definition) is 2. The topological polar surface area (TPSA) is 43.1 Å². The Hall–Kier alpha value is -1.48. The maximum Gasteiger partial charge on any atom is 0.150 e. The van der Waals surface area contributed by atoms with Crippen LogP contribution >= 0.6 is 0 Å². The summed E-state index contributed by atoms with van der Waals surface area (Å²) >= 11 is 0. The van der Waals surface area contributed by atoms with Crippen LogP contribution < -0.4 is 5.73 Å². The second kappa shape index (κ2) is 5.29. The van der Waals surface area contributed by atoms with Crippen molar-refractivity contribution in [3.8, 4) is 0 Å². The van der Waals surface area contributed by atoms with Gasteiger partial charge in [0, 0.05) is 11.1 Å². The van der Waals surface area contributed by atoms with Crippen LogP contribution in [0.25, 0.3) is 6.08 Å². The fraction of sp³-hybridized carbons (Fsp3) is 0.182. The van der Waals surface area contributed by atoms with Gasteiger partial charge in [-0.05, 0) is 31.2 Å². The van der Waals surface area contributed by atoms with E-state index >= 15 is 0 Å². The summed E-state index contributed by atoms with van der Waals surface area (Å²) in [5.74, 6) is -0.330. The van der Waals surface area contributed by atoms with Crippen molar-refractivity contribution in [3.05, 3.63) is 41.2 Å². The summed E-state index contributed by atoms with van der Waals surface area (Å²) in [6.45, 7) is 0.533. The van der Waals surface area contributed by atoms with Gasteiger partial charge in [-0.1, -0.05) is 12.2 Å². The molecule has 0 fully saturated rings. The van der Waals surface area contributed by atoms with Gasteiger partial charge in [-0.3, -0.25) is 4.79 Å². The van der Waals surface area contributed by atoms with Gasteiger partial charge in [0.2, 0.25) is 0 Å². The molecular weight excluding hydrogens is 181 g/mol. The highest BCUT2D eigenvalue weighted by atomic mass is 19.1. The number of rotatable bonds is 4. The highest BCUT2D eigenvalue weighted by Gasteiger charge is 1.99. The highest BCUT2D eigenvalue weighted by molar-refractivity contribution is 5.76. The third kappa shape index (κ3) is 2.78. The average Bonchev–Trinajstić information content (AvgIpc) is 2.21. The highest BCUT2D eigenvalue weighted by Crippen LogP contribution is 2.11. The van der Waals surface area contributed by atoms with Gasteiger partial charge in [-0.15, -0.1) is 0 Å². The summed E-state index contributed by atoms with van der Waals surface area (Å²) in [5, 5.41) is 0. The molecule has 0 heterocycles. The Kier molecular flexibility index (Phi) is 4.01. The van der Waals surface area contributed by atoms with Gasteiger partial charge in [0.05, 0.1) is 0 Å². The summed E-state index contributed by atoms with van der Waals surface area (Å²) in [7, 11) is 0. The summed E-state index contributed by atoms with van der Waals surface area (Å²) in [6, 6.07) is 4.24. The summed E-state index contributed by atoms with van der Waals surface area (Å²) in [6.07, 6.45) is 4.81. The monoisotopic (exact) mass is 193 g/mol. The number of aldehydes is 1. The van der Waals surface area contributed by atoms with Crippen LogP contribution in [0.3, 0.4) is 0 Å². The molecule has 1 rings (SSSR count). The van der Waals surface area contributed by atoms with E-state index in [9.17, 15) is 9.18 Å². The molecule has 0 amide bonds. The number of halogens is 1. The molecule has 0 bridgehead atoms. The van der Waals surface area contributed by atoms with Crippen molar-refractivity contribution in [2.24, 2.45) is 5.73 Å².